The van der Waals surface area contributed by atoms with Crippen LogP contribution >= 0.6 is 11.8 Å². The molecule has 1 aliphatic rings. The minimum Gasteiger partial charge on any atom is -0.493 e. The molecule has 0 radical (unpaired) electrons. The first-order valence-electron chi connectivity index (χ1n) is 7.08. The predicted molar refractivity (Wildman–Crippen MR) is 84.3 cm³/mol. The molecule has 5 nitrogen and oxygen atoms in total. The molecule has 0 aliphatic carbocycles. The van der Waals surface area contributed by atoms with Crippen LogP contribution in [0.2, 0.25) is 0 Å². The third kappa shape index (κ3) is 4.54. The predicted octanol–water partition coefficient (Wildman–Crippen LogP) is 1.62. The van der Waals surface area contributed by atoms with Crippen molar-refractivity contribution in [1.82, 2.24) is 10.2 Å². The first-order valence-corrected chi connectivity index (χ1v) is 8.06. The SMILES string of the molecule is COc1ccc(SCCC(=O)N2CCNCC2)cc1OC. The number of rotatable bonds is 6. The van der Waals surface area contributed by atoms with E-state index in [0.717, 1.165) is 48.3 Å². The number of thioether (sulfide) groups is 1. The quantitative estimate of drug-likeness (QED) is 0.809. The van der Waals surface area contributed by atoms with Crippen molar-refractivity contribution in [2.75, 3.05) is 46.2 Å². The number of carbonyl (C=O) groups is 1. The number of ether oxygens (including phenoxy) is 2. The summed E-state index contributed by atoms with van der Waals surface area (Å²) >= 11 is 1.66. The molecule has 1 amide bonds. The molecule has 1 aromatic rings. The summed E-state index contributed by atoms with van der Waals surface area (Å²) in [7, 11) is 3.25. The fourth-order valence-corrected chi connectivity index (χ4v) is 3.10. The van der Waals surface area contributed by atoms with Crippen LogP contribution < -0.4 is 14.8 Å². The Morgan fingerprint density at radius 1 is 1.24 bits per heavy atom. The fourth-order valence-electron chi connectivity index (χ4n) is 2.23. The Labute approximate surface area is 130 Å². The molecule has 0 aromatic heterocycles. The molecule has 21 heavy (non-hydrogen) atoms. The van der Waals surface area contributed by atoms with Crippen LogP contribution in [0.5, 0.6) is 11.5 Å². The van der Waals surface area contributed by atoms with Crippen molar-refractivity contribution >= 4 is 17.7 Å². The van der Waals surface area contributed by atoms with Gasteiger partial charge in [-0.1, -0.05) is 0 Å². The Hall–Kier alpha value is -1.40. The maximum Gasteiger partial charge on any atom is 0.223 e. The monoisotopic (exact) mass is 310 g/mol. The summed E-state index contributed by atoms with van der Waals surface area (Å²) in [6, 6.07) is 5.82. The number of benzene rings is 1. The van der Waals surface area contributed by atoms with Crippen molar-refractivity contribution in [2.45, 2.75) is 11.3 Å². The number of methoxy groups -OCH3 is 2. The summed E-state index contributed by atoms with van der Waals surface area (Å²) in [4.78, 5) is 15.1. The Kier molecular flexibility index (Phi) is 6.20. The van der Waals surface area contributed by atoms with Crippen LogP contribution in [0.15, 0.2) is 23.1 Å². The van der Waals surface area contributed by atoms with Crippen LogP contribution in [-0.2, 0) is 4.79 Å². The largest absolute Gasteiger partial charge is 0.493 e. The van der Waals surface area contributed by atoms with Gasteiger partial charge in [0.25, 0.3) is 0 Å². The third-order valence-electron chi connectivity index (χ3n) is 3.41. The minimum atomic E-state index is 0.240. The Morgan fingerprint density at radius 2 is 1.95 bits per heavy atom. The van der Waals surface area contributed by atoms with E-state index >= 15 is 0 Å². The maximum atomic E-state index is 12.1. The zero-order valence-electron chi connectivity index (χ0n) is 12.6. The number of hydrogen-bond acceptors (Lipinski definition) is 5. The number of hydrogen-bond donors (Lipinski definition) is 1. The van der Waals surface area contributed by atoms with Crippen molar-refractivity contribution in [3.8, 4) is 11.5 Å². The van der Waals surface area contributed by atoms with Crippen LogP contribution in [0.1, 0.15) is 6.42 Å². The van der Waals surface area contributed by atoms with Gasteiger partial charge in [0.15, 0.2) is 11.5 Å². The Balaban J connectivity index is 1.81. The smallest absolute Gasteiger partial charge is 0.223 e. The highest BCUT2D eigenvalue weighted by molar-refractivity contribution is 7.99. The zero-order valence-corrected chi connectivity index (χ0v) is 13.4. The second kappa shape index (κ2) is 8.14. The van der Waals surface area contributed by atoms with Crippen LogP contribution in [0, 0.1) is 0 Å². The van der Waals surface area contributed by atoms with Crippen molar-refractivity contribution in [3.63, 3.8) is 0 Å². The highest BCUT2D eigenvalue weighted by Gasteiger charge is 2.15. The molecule has 1 fully saturated rings. The zero-order chi connectivity index (χ0) is 15.1. The van der Waals surface area contributed by atoms with E-state index < -0.39 is 0 Å². The van der Waals surface area contributed by atoms with Crippen LogP contribution in [0.4, 0.5) is 0 Å². The first kappa shape index (κ1) is 16.0. The molecule has 116 valence electrons. The highest BCUT2D eigenvalue weighted by atomic mass is 32.2. The molecule has 0 saturated carbocycles. The summed E-state index contributed by atoms with van der Waals surface area (Å²) in [6.45, 7) is 3.43. The van der Waals surface area contributed by atoms with Gasteiger partial charge in [0, 0.05) is 43.2 Å². The number of nitrogens with zero attached hydrogens (tertiary/aromatic N) is 1. The van der Waals surface area contributed by atoms with Gasteiger partial charge in [-0.25, -0.2) is 0 Å². The normalized spacial score (nSPS) is 14.9. The summed E-state index contributed by atoms with van der Waals surface area (Å²) in [6.07, 6.45) is 0.568. The van der Waals surface area contributed by atoms with Gasteiger partial charge in [0.1, 0.15) is 0 Å². The van der Waals surface area contributed by atoms with E-state index in [1.54, 1.807) is 26.0 Å². The van der Waals surface area contributed by atoms with E-state index in [4.69, 9.17) is 9.47 Å². The van der Waals surface area contributed by atoms with Gasteiger partial charge in [-0.15, -0.1) is 11.8 Å². The molecule has 2 rings (SSSR count). The van der Waals surface area contributed by atoms with E-state index in [9.17, 15) is 4.79 Å². The molecule has 0 bridgehead atoms. The van der Waals surface area contributed by atoms with E-state index in [2.05, 4.69) is 5.32 Å². The van der Waals surface area contributed by atoms with E-state index in [-0.39, 0.29) is 5.91 Å². The average Bonchev–Trinajstić information content (AvgIpc) is 2.55. The van der Waals surface area contributed by atoms with E-state index in [1.165, 1.54) is 0 Å². The van der Waals surface area contributed by atoms with E-state index in [0.29, 0.717) is 6.42 Å². The Bertz CT molecular complexity index is 476. The van der Waals surface area contributed by atoms with E-state index in [1.807, 2.05) is 23.1 Å². The van der Waals surface area contributed by atoms with Gasteiger partial charge in [-0.2, -0.15) is 0 Å². The lowest BCUT2D eigenvalue weighted by molar-refractivity contribution is -0.131. The lowest BCUT2D eigenvalue weighted by Crippen LogP contribution is -2.46. The molecule has 1 aliphatic heterocycles. The summed E-state index contributed by atoms with van der Waals surface area (Å²) < 4.78 is 10.5. The average molecular weight is 310 g/mol. The topological polar surface area (TPSA) is 50.8 Å². The van der Waals surface area contributed by atoms with Crippen molar-refractivity contribution in [2.24, 2.45) is 0 Å². The van der Waals surface area contributed by atoms with Crippen LogP contribution in [0.3, 0.4) is 0 Å². The van der Waals surface area contributed by atoms with Crippen molar-refractivity contribution < 1.29 is 14.3 Å². The molecule has 1 aromatic carbocycles. The maximum absolute atomic E-state index is 12.1. The molecule has 0 unspecified atom stereocenters. The second-order valence-electron chi connectivity index (χ2n) is 4.75. The van der Waals surface area contributed by atoms with Crippen LogP contribution in [-0.4, -0.2) is 57.0 Å². The number of piperazine rings is 1. The first-order chi connectivity index (χ1) is 10.2. The molecular formula is C15H22N2O3S. The summed E-state index contributed by atoms with van der Waals surface area (Å²) in [5.74, 6) is 2.46. The standard InChI is InChI=1S/C15H22N2O3S/c1-19-13-4-3-12(11-14(13)20-2)21-10-5-15(18)17-8-6-16-7-9-17/h3-4,11,16H,5-10H2,1-2H3. The minimum absolute atomic E-state index is 0.240. The van der Waals surface area contributed by atoms with Crippen molar-refractivity contribution in [1.29, 1.82) is 0 Å². The third-order valence-corrected chi connectivity index (χ3v) is 4.40. The van der Waals surface area contributed by atoms with Gasteiger partial charge in [0.2, 0.25) is 5.91 Å². The molecule has 0 atom stereocenters. The molecule has 1 heterocycles. The van der Waals surface area contributed by atoms with Gasteiger partial charge >= 0.3 is 0 Å². The number of carbonyl (C=O) groups excluding carboxylic acids is 1. The number of amides is 1. The second-order valence-corrected chi connectivity index (χ2v) is 5.91. The molecule has 1 N–H and O–H groups in total. The fraction of sp³-hybridized carbons (Fsp3) is 0.533. The summed E-state index contributed by atoms with van der Waals surface area (Å²) in [5, 5.41) is 3.25. The van der Waals surface area contributed by atoms with Gasteiger partial charge in [-0.3, -0.25) is 4.79 Å². The molecule has 0 spiro atoms. The highest BCUT2D eigenvalue weighted by Crippen LogP contribution is 2.32. The van der Waals surface area contributed by atoms with Gasteiger partial charge in [0.05, 0.1) is 14.2 Å². The van der Waals surface area contributed by atoms with Crippen molar-refractivity contribution in [3.05, 3.63) is 18.2 Å². The summed E-state index contributed by atoms with van der Waals surface area (Å²) in [5.41, 5.74) is 0. The lowest BCUT2D eigenvalue weighted by Gasteiger charge is -2.27. The Morgan fingerprint density at radius 3 is 2.62 bits per heavy atom. The molecule has 6 heteroatoms. The van der Waals surface area contributed by atoms with Gasteiger partial charge < -0.3 is 19.7 Å². The molecule has 1 saturated heterocycles. The molecular weight excluding hydrogens is 288 g/mol. The van der Waals surface area contributed by atoms with Gasteiger partial charge in [-0.05, 0) is 18.2 Å². The lowest BCUT2D eigenvalue weighted by atomic mass is 10.3. The number of nitrogens with one attached hydrogen (secondary N) is 1. The van der Waals surface area contributed by atoms with Crippen LogP contribution in [0.25, 0.3) is 0 Å².